The Balaban J connectivity index is 1.83. The summed E-state index contributed by atoms with van der Waals surface area (Å²) >= 11 is 0. The van der Waals surface area contributed by atoms with Crippen LogP contribution in [0.3, 0.4) is 0 Å². The molecule has 0 spiro atoms. The Morgan fingerprint density at radius 3 is 1.63 bits per heavy atom. The van der Waals surface area contributed by atoms with Crippen LogP contribution in [0.4, 0.5) is 0 Å². The molecule has 2 fully saturated rings. The zero-order valence-electron chi connectivity index (χ0n) is 39.4. The Morgan fingerprint density at radius 2 is 1.06 bits per heavy atom. The van der Waals surface area contributed by atoms with Crippen molar-refractivity contribution in [3.8, 4) is 0 Å². The summed E-state index contributed by atoms with van der Waals surface area (Å²) in [4.78, 5) is 13.1. The van der Waals surface area contributed by atoms with E-state index in [0.29, 0.717) is 6.42 Å². The summed E-state index contributed by atoms with van der Waals surface area (Å²) in [6.45, 7) is 2.60. The number of aliphatic hydroxyl groups is 8. The number of unbranched alkanes of at least 4 members (excludes halogenated alkanes) is 13. The van der Waals surface area contributed by atoms with Crippen molar-refractivity contribution in [2.45, 2.75) is 222 Å². The summed E-state index contributed by atoms with van der Waals surface area (Å²) in [5.74, 6) is -0.265. The number of nitrogens with one attached hydrogen (secondary N) is 1. The van der Waals surface area contributed by atoms with E-state index in [1.165, 1.54) is 32.1 Å². The second-order valence-electron chi connectivity index (χ2n) is 17.2. The van der Waals surface area contributed by atoms with Gasteiger partial charge in [-0.1, -0.05) is 151 Å². The lowest BCUT2D eigenvalue weighted by Gasteiger charge is -2.46. The second-order valence-corrected chi connectivity index (χ2v) is 17.2. The largest absolute Gasteiger partial charge is 0.394 e. The van der Waals surface area contributed by atoms with Gasteiger partial charge >= 0.3 is 0 Å². The number of hydrogen-bond donors (Lipinski definition) is 9. The van der Waals surface area contributed by atoms with Gasteiger partial charge in [0.25, 0.3) is 0 Å². The maximum absolute atomic E-state index is 13.1. The molecule has 0 aromatic carbocycles. The molecule has 2 heterocycles. The van der Waals surface area contributed by atoms with Crippen LogP contribution in [-0.4, -0.2) is 140 Å². The highest BCUT2D eigenvalue weighted by Gasteiger charge is 2.51. The van der Waals surface area contributed by atoms with E-state index in [9.17, 15) is 45.6 Å². The van der Waals surface area contributed by atoms with E-state index in [4.69, 9.17) is 18.9 Å². The van der Waals surface area contributed by atoms with Crippen LogP contribution in [0.5, 0.6) is 0 Å². The van der Waals surface area contributed by atoms with Gasteiger partial charge in [0.1, 0.15) is 48.8 Å². The van der Waals surface area contributed by atoms with E-state index in [1.807, 2.05) is 6.08 Å². The highest BCUT2D eigenvalue weighted by molar-refractivity contribution is 5.76. The normalized spacial score (nSPS) is 27.7. The van der Waals surface area contributed by atoms with Crippen molar-refractivity contribution in [2.24, 2.45) is 0 Å². The fourth-order valence-corrected chi connectivity index (χ4v) is 7.61. The molecule has 0 radical (unpaired) electrons. The molecule has 14 heteroatoms. The van der Waals surface area contributed by atoms with E-state index in [0.717, 1.165) is 89.9 Å². The van der Waals surface area contributed by atoms with Crippen molar-refractivity contribution in [1.82, 2.24) is 5.32 Å². The number of amides is 1. The predicted octanol–water partition coefficient (Wildman–Crippen LogP) is 6.04. The van der Waals surface area contributed by atoms with Crippen LogP contribution < -0.4 is 5.32 Å². The summed E-state index contributed by atoms with van der Waals surface area (Å²) in [6, 6.07) is -0.926. The molecule has 0 bridgehead atoms. The third-order valence-corrected chi connectivity index (χ3v) is 11.6. The van der Waals surface area contributed by atoms with E-state index >= 15 is 0 Å². The highest BCUT2D eigenvalue weighted by atomic mass is 16.7. The number of hydrogen-bond acceptors (Lipinski definition) is 13. The monoisotopic (exact) mass is 922 g/mol. The Hall–Kier alpha value is -2.57. The molecule has 2 aliphatic rings. The first-order valence-corrected chi connectivity index (χ1v) is 24.7. The van der Waals surface area contributed by atoms with Crippen molar-refractivity contribution in [1.29, 1.82) is 0 Å². The van der Waals surface area contributed by atoms with Crippen LogP contribution in [0.25, 0.3) is 0 Å². The van der Waals surface area contributed by atoms with Crippen LogP contribution in [0.2, 0.25) is 0 Å². The van der Waals surface area contributed by atoms with Gasteiger partial charge in [-0.3, -0.25) is 4.79 Å². The maximum Gasteiger partial charge on any atom is 0.220 e. The SMILES string of the molecule is CC/C=C\C/C=C\C/C=C\C/C=C\C/C=C\CCCCCCCC(=O)NC(COC1OC(CO)C(OC2OC(CO)C(O)C(O)C2O)C(O)C1O)C(O)/C=C/CCCCCCCCCC. The summed E-state index contributed by atoms with van der Waals surface area (Å²) < 4.78 is 22.6. The van der Waals surface area contributed by atoms with Crippen molar-refractivity contribution in [2.75, 3.05) is 19.8 Å². The average Bonchev–Trinajstić information content (AvgIpc) is 3.30. The van der Waals surface area contributed by atoms with Crippen molar-refractivity contribution >= 4 is 5.91 Å². The summed E-state index contributed by atoms with van der Waals surface area (Å²) in [5.41, 5.74) is 0. The first-order chi connectivity index (χ1) is 31.6. The van der Waals surface area contributed by atoms with Crippen LogP contribution in [0.1, 0.15) is 149 Å². The standard InChI is InChI=1S/C51H87NO13/c1-3-5-7-9-11-13-15-16-17-18-19-20-21-22-23-24-25-27-29-31-33-35-43(56)52-39(40(55)34-32-30-28-26-14-12-10-8-6-4-2)38-62-50-48(61)46(59)49(42(37-54)64-50)65-51-47(60)45(58)44(57)41(36-53)63-51/h5,7,11,13,16-17,19-20,22-23,32,34,39-42,44-51,53-55,57-61H,3-4,6,8-10,12,14-15,18,21,24-31,33,35-38H2,1-2H3,(H,52,56)/b7-5-,13-11-,17-16-,20-19-,23-22-,34-32+. The van der Waals surface area contributed by atoms with Crippen molar-refractivity contribution < 1.29 is 64.6 Å². The molecule has 65 heavy (non-hydrogen) atoms. The minimum absolute atomic E-state index is 0.255. The minimum Gasteiger partial charge on any atom is -0.394 e. The van der Waals surface area contributed by atoms with E-state index in [1.54, 1.807) is 6.08 Å². The molecule has 2 aliphatic heterocycles. The molecule has 374 valence electrons. The lowest BCUT2D eigenvalue weighted by atomic mass is 9.97. The number of allylic oxidation sites excluding steroid dienone is 11. The molecule has 12 atom stereocenters. The first kappa shape index (κ1) is 58.6. The Morgan fingerprint density at radius 1 is 0.569 bits per heavy atom. The van der Waals surface area contributed by atoms with Gasteiger partial charge in [0.05, 0.1) is 32.0 Å². The molecule has 14 nitrogen and oxygen atoms in total. The van der Waals surface area contributed by atoms with Gasteiger partial charge in [0.2, 0.25) is 5.91 Å². The molecular formula is C51H87NO13. The van der Waals surface area contributed by atoms with Crippen LogP contribution >= 0.6 is 0 Å². The fraction of sp³-hybridized carbons (Fsp3) is 0.745. The van der Waals surface area contributed by atoms with Gasteiger partial charge in [-0.05, 0) is 64.2 Å². The van der Waals surface area contributed by atoms with E-state index in [2.05, 4.69) is 79.9 Å². The zero-order valence-corrected chi connectivity index (χ0v) is 39.4. The highest BCUT2D eigenvalue weighted by Crippen LogP contribution is 2.30. The van der Waals surface area contributed by atoms with Gasteiger partial charge in [0, 0.05) is 6.42 Å². The van der Waals surface area contributed by atoms with E-state index < -0.39 is 86.8 Å². The second kappa shape index (κ2) is 37.4. The molecule has 1 amide bonds. The smallest absolute Gasteiger partial charge is 0.220 e. The number of ether oxygens (including phenoxy) is 4. The molecule has 0 aliphatic carbocycles. The number of carbonyl (C=O) groups is 1. The lowest BCUT2D eigenvalue weighted by Crippen LogP contribution is -2.65. The van der Waals surface area contributed by atoms with Crippen molar-refractivity contribution in [3.05, 3.63) is 72.9 Å². The zero-order chi connectivity index (χ0) is 47.5. The lowest BCUT2D eigenvalue weighted by molar-refractivity contribution is -0.359. The van der Waals surface area contributed by atoms with E-state index in [-0.39, 0.29) is 18.9 Å². The summed E-state index contributed by atoms with van der Waals surface area (Å²) in [7, 11) is 0. The third kappa shape index (κ3) is 24.9. The van der Waals surface area contributed by atoms with Crippen LogP contribution in [0.15, 0.2) is 72.9 Å². The van der Waals surface area contributed by atoms with Crippen LogP contribution in [0, 0.1) is 0 Å². The average molecular weight is 922 g/mol. The quantitative estimate of drug-likeness (QED) is 0.0258. The van der Waals surface area contributed by atoms with Crippen molar-refractivity contribution in [3.63, 3.8) is 0 Å². The number of aliphatic hydroxyl groups excluding tert-OH is 8. The molecule has 2 rings (SSSR count). The molecule has 0 saturated carbocycles. The topological polar surface area (TPSA) is 228 Å². The van der Waals surface area contributed by atoms with Gasteiger partial charge < -0.3 is 65.1 Å². The Bertz CT molecular complexity index is 1370. The minimum atomic E-state index is -1.79. The van der Waals surface area contributed by atoms with Gasteiger partial charge in [-0.25, -0.2) is 0 Å². The predicted molar refractivity (Wildman–Crippen MR) is 253 cm³/mol. The van der Waals surface area contributed by atoms with Gasteiger partial charge in [-0.2, -0.15) is 0 Å². The molecule has 9 N–H and O–H groups in total. The number of rotatable bonds is 36. The maximum atomic E-state index is 13.1. The molecule has 0 aromatic rings. The first-order valence-electron chi connectivity index (χ1n) is 24.7. The summed E-state index contributed by atoms with van der Waals surface area (Å²) in [5, 5.41) is 86.5. The Kier molecular flexibility index (Phi) is 33.7. The Labute approximate surface area is 389 Å². The molecule has 0 aromatic heterocycles. The van der Waals surface area contributed by atoms with Crippen LogP contribution in [-0.2, 0) is 23.7 Å². The van der Waals surface area contributed by atoms with Gasteiger partial charge in [-0.15, -0.1) is 0 Å². The summed E-state index contributed by atoms with van der Waals surface area (Å²) in [6.07, 6.45) is 29.5. The molecular weight excluding hydrogens is 835 g/mol. The van der Waals surface area contributed by atoms with Gasteiger partial charge in [0.15, 0.2) is 12.6 Å². The molecule has 12 unspecified atom stereocenters. The number of carbonyl (C=O) groups excluding carboxylic acids is 1. The third-order valence-electron chi connectivity index (χ3n) is 11.6. The fourth-order valence-electron chi connectivity index (χ4n) is 7.61. The molecule has 2 saturated heterocycles.